The molecule has 1 aliphatic heterocycles. The number of amides is 2. The minimum absolute atomic E-state index is 0.0490. The first-order chi connectivity index (χ1) is 16.7. The number of halogens is 3. The van der Waals surface area contributed by atoms with Gasteiger partial charge in [-0.15, -0.1) is 0 Å². The average Bonchev–Trinajstić information content (AvgIpc) is 2.81. The fourth-order valence-corrected chi connectivity index (χ4v) is 4.67. The number of rotatable bonds is 5. The van der Waals surface area contributed by atoms with Gasteiger partial charge in [-0.25, -0.2) is 4.99 Å². The molecule has 180 valence electrons. The van der Waals surface area contributed by atoms with Crippen molar-refractivity contribution in [2.24, 2.45) is 4.99 Å². The standard InChI is InChI=1S/C26H22F3N3O2S/c1-17-7-5-11-20(13-17)30-24(34)22-15-23(33)32(16-18-8-3-2-4-9-18)25(35-22)31-21-12-6-10-19(14-21)26(27,28)29/h2-14,22H,15-16H2,1H3,(H,30,34)/t22-/m0/s1. The Balaban J connectivity index is 1.64. The normalized spacial score (nSPS) is 17.5. The average molecular weight is 498 g/mol. The minimum atomic E-state index is -4.52. The van der Waals surface area contributed by atoms with Crippen LogP contribution in [-0.2, 0) is 22.3 Å². The molecule has 4 rings (SSSR count). The van der Waals surface area contributed by atoms with Crippen molar-refractivity contribution in [3.8, 4) is 0 Å². The zero-order valence-corrected chi connectivity index (χ0v) is 19.6. The van der Waals surface area contributed by atoms with Gasteiger partial charge in [0.25, 0.3) is 0 Å². The molecule has 9 heteroatoms. The molecular formula is C26H22F3N3O2S. The Bertz CT molecular complexity index is 1260. The number of thioether (sulfide) groups is 1. The molecule has 1 heterocycles. The SMILES string of the molecule is Cc1cccc(NC(=O)[C@@H]2CC(=O)N(Cc3ccccc3)C(=Nc3cccc(C(F)(F)F)c3)S2)c1. The van der Waals surface area contributed by atoms with Crippen molar-refractivity contribution < 1.29 is 22.8 Å². The Morgan fingerprint density at radius 3 is 2.51 bits per heavy atom. The van der Waals surface area contributed by atoms with E-state index in [2.05, 4.69) is 10.3 Å². The molecule has 0 aliphatic carbocycles. The van der Waals surface area contributed by atoms with Crippen LogP contribution in [0.2, 0.25) is 0 Å². The Morgan fingerprint density at radius 1 is 1.06 bits per heavy atom. The van der Waals surface area contributed by atoms with Gasteiger partial charge in [0.2, 0.25) is 11.8 Å². The van der Waals surface area contributed by atoms with Crippen molar-refractivity contribution in [3.63, 3.8) is 0 Å². The number of nitrogens with zero attached hydrogens (tertiary/aromatic N) is 2. The van der Waals surface area contributed by atoms with E-state index in [-0.39, 0.29) is 35.6 Å². The topological polar surface area (TPSA) is 61.8 Å². The maximum Gasteiger partial charge on any atom is 0.416 e. The molecule has 0 saturated carbocycles. The highest BCUT2D eigenvalue weighted by molar-refractivity contribution is 8.15. The largest absolute Gasteiger partial charge is 0.416 e. The first kappa shape index (κ1) is 24.5. The molecule has 1 N–H and O–H groups in total. The van der Waals surface area contributed by atoms with Crippen molar-refractivity contribution in [3.05, 3.63) is 95.6 Å². The molecule has 3 aromatic carbocycles. The van der Waals surface area contributed by atoms with Gasteiger partial charge in [0.15, 0.2) is 5.17 Å². The zero-order valence-electron chi connectivity index (χ0n) is 18.8. The summed E-state index contributed by atoms with van der Waals surface area (Å²) in [6.07, 6.45) is -4.58. The number of anilines is 1. The number of alkyl halides is 3. The summed E-state index contributed by atoms with van der Waals surface area (Å²) in [5.41, 5.74) is 1.62. The number of hydrogen-bond acceptors (Lipinski definition) is 4. The van der Waals surface area contributed by atoms with Crippen molar-refractivity contribution in [2.75, 3.05) is 5.32 Å². The highest BCUT2D eigenvalue weighted by atomic mass is 32.2. The maximum atomic E-state index is 13.2. The second-order valence-electron chi connectivity index (χ2n) is 8.08. The molecule has 0 radical (unpaired) electrons. The lowest BCUT2D eigenvalue weighted by Crippen LogP contribution is -2.44. The maximum absolute atomic E-state index is 13.2. The molecule has 35 heavy (non-hydrogen) atoms. The van der Waals surface area contributed by atoms with Crippen LogP contribution in [0.25, 0.3) is 0 Å². The third-order valence-electron chi connectivity index (χ3n) is 5.30. The summed E-state index contributed by atoms with van der Waals surface area (Å²) < 4.78 is 39.6. The summed E-state index contributed by atoms with van der Waals surface area (Å²) in [4.78, 5) is 31.9. The van der Waals surface area contributed by atoms with Gasteiger partial charge in [-0.2, -0.15) is 13.2 Å². The monoisotopic (exact) mass is 497 g/mol. The van der Waals surface area contributed by atoms with Crippen LogP contribution in [0.15, 0.2) is 83.9 Å². The lowest BCUT2D eigenvalue weighted by atomic mass is 10.2. The van der Waals surface area contributed by atoms with Crippen LogP contribution in [0.3, 0.4) is 0 Å². The lowest BCUT2D eigenvalue weighted by Gasteiger charge is -2.32. The predicted octanol–water partition coefficient (Wildman–Crippen LogP) is 6.17. The van der Waals surface area contributed by atoms with E-state index in [4.69, 9.17) is 0 Å². The first-order valence-electron chi connectivity index (χ1n) is 10.8. The number of amidine groups is 1. The van der Waals surface area contributed by atoms with Crippen LogP contribution in [0.1, 0.15) is 23.1 Å². The van der Waals surface area contributed by atoms with E-state index >= 15 is 0 Å². The molecule has 5 nitrogen and oxygen atoms in total. The van der Waals surface area contributed by atoms with E-state index in [1.165, 1.54) is 17.0 Å². The summed E-state index contributed by atoms with van der Waals surface area (Å²) in [5, 5.41) is 2.21. The van der Waals surface area contributed by atoms with Gasteiger partial charge in [-0.05, 0) is 48.4 Å². The van der Waals surface area contributed by atoms with E-state index < -0.39 is 17.0 Å². The van der Waals surface area contributed by atoms with E-state index in [0.29, 0.717) is 5.69 Å². The molecule has 0 bridgehead atoms. The predicted molar refractivity (Wildman–Crippen MR) is 131 cm³/mol. The van der Waals surface area contributed by atoms with E-state index in [1.807, 2.05) is 55.5 Å². The number of aryl methyl sites for hydroxylation is 1. The Morgan fingerprint density at radius 2 is 1.80 bits per heavy atom. The van der Waals surface area contributed by atoms with Gasteiger partial charge >= 0.3 is 6.18 Å². The summed E-state index contributed by atoms with van der Waals surface area (Å²) in [6.45, 7) is 2.09. The highest BCUT2D eigenvalue weighted by Crippen LogP contribution is 2.34. The van der Waals surface area contributed by atoms with Gasteiger partial charge in [-0.1, -0.05) is 60.3 Å². The van der Waals surface area contributed by atoms with Gasteiger partial charge in [0.05, 0.1) is 17.8 Å². The second kappa shape index (κ2) is 10.4. The van der Waals surface area contributed by atoms with Crippen molar-refractivity contribution >= 4 is 40.1 Å². The van der Waals surface area contributed by atoms with Gasteiger partial charge in [0, 0.05) is 12.1 Å². The van der Waals surface area contributed by atoms with Gasteiger partial charge in [-0.3, -0.25) is 14.5 Å². The summed E-state index contributed by atoms with van der Waals surface area (Å²) in [7, 11) is 0. The Labute approximate surface area is 205 Å². The Kier molecular flexibility index (Phi) is 7.25. The van der Waals surface area contributed by atoms with Crippen LogP contribution >= 0.6 is 11.8 Å². The highest BCUT2D eigenvalue weighted by Gasteiger charge is 2.36. The summed E-state index contributed by atoms with van der Waals surface area (Å²) in [5.74, 6) is -0.701. The zero-order chi connectivity index (χ0) is 25.0. The molecule has 1 atom stereocenters. The van der Waals surface area contributed by atoms with E-state index in [9.17, 15) is 22.8 Å². The molecule has 1 aliphatic rings. The van der Waals surface area contributed by atoms with E-state index in [1.54, 1.807) is 6.07 Å². The van der Waals surface area contributed by atoms with E-state index in [0.717, 1.165) is 35.0 Å². The third-order valence-corrected chi connectivity index (χ3v) is 6.49. The third kappa shape index (κ3) is 6.30. The first-order valence-corrected chi connectivity index (χ1v) is 11.7. The lowest BCUT2D eigenvalue weighted by molar-refractivity contribution is -0.137. The fraction of sp³-hybridized carbons (Fsp3) is 0.192. The summed E-state index contributed by atoms with van der Waals surface area (Å²) in [6, 6.07) is 21.1. The van der Waals surface area contributed by atoms with Crippen molar-refractivity contribution in [1.82, 2.24) is 4.90 Å². The Hall–Kier alpha value is -3.59. The molecule has 0 spiro atoms. The van der Waals surface area contributed by atoms with Gasteiger partial charge < -0.3 is 5.32 Å². The molecule has 0 unspecified atom stereocenters. The van der Waals surface area contributed by atoms with Gasteiger partial charge in [0.1, 0.15) is 5.25 Å². The van der Waals surface area contributed by atoms with Crippen LogP contribution in [0.4, 0.5) is 24.5 Å². The van der Waals surface area contributed by atoms with Crippen LogP contribution < -0.4 is 5.32 Å². The number of hydrogen-bond donors (Lipinski definition) is 1. The van der Waals surface area contributed by atoms with Crippen LogP contribution in [0, 0.1) is 6.92 Å². The number of nitrogens with one attached hydrogen (secondary N) is 1. The number of carbonyl (C=O) groups is 2. The molecular weight excluding hydrogens is 475 g/mol. The molecule has 2 amide bonds. The second-order valence-corrected chi connectivity index (χ2v) is 9.25. The molecule has 1 fully saturated rings. The van der Waals surface area contributed by atoms with Crippen LogP contribution in [-0.4, -0.2) is 27.1 Å². The minimum Gasteiger partial charge on any atom is -0.325 e. The smallest absolute Gasteiger partial charge is 0.325 e. The fourth-order valence-electron chi connectivity index (χ4n) is 3.57. The molecule has 3 aromatic rings. The quantitative estimate of drug-likeness (QED) is 0.458. The molecule has 0 aromatic heterocycles. The number of aliphatic imine (C=N–C) groups is 1. The number of carbonyl (C=O) groups excluding carboxylic acids is 2. The van der Waals surface area contributed by atoms with Crippen LogP contribution in [0.5, 0.6) is 0 Å². The van der Waals surface area contributed by atoms with Crippen molar-refractivity contribution in [2.45, 2.75) is 31.3 Å². The number of benzene rings is 3. The summed E-state index contributed by atoms with van der Waals surface area (Å²) >= 11 is 1.06. The molecule has 1 saturated heterocycles. The van der Waals surface area contributed by atoms with Crippen molar-refractivity contribution in [1.29, 1.82) is 0 Å².